The molecule has 2 aliphatic heterocycles. The molecule has 0 bridgehead atoms. The molecule has 5 aromatic heterocycles. The van der Waals surface area contributed by atoms with Crippen molar-refractivity contribution in [2.24, 2.45) is 0 Å². The Hall–Kier alpha value is -11.5. The van der Waals surface area contributed by atoms with Gasteiger partial charge in [0.1, 0.15) is 11.6 Å². The number of nitriles is 1. The van der Waals surface area contributed by atoms with E-state index in [1.165, 1.54) is 78.4 Å². The number of rotatable bonds is 16. The van der Waals surface area contributed by atoms with Gasteiger partial charge in [-0.25, -0.2) is 15.2 Å². The molecule has 0 unspecified atom stereocenters. The summed E-state index contributed by atoms with van der Waals surface area (Å²) in [7, 11) is 2.02. The van der Waals surface area contributed by atoms with Crippen LogP contribution >= 0.6 is 0 Å². The molecule has 691 valence electrons. The average Bonchev–Trinajstić information content (AvgIpc) is 1.32. The van der Waals surface area contributed by atoms with Crippen molar-refractivity contribution < 1.29 is 101 Å². The molecule has 7 heterocycles. The zero-order valence-corrected chi connectivity index (χ0v) is 88.9. The first kappa shape index (κ1) is 107. The summed E-state index contributed by atoms with van der Waals surface area (Å²) in [6, 6.07) is 107. The first-order valence-corrected chi connectivity index (χ1v) is 43.3. The van der Waals surface area contributed by atoms with Gasteiger partial charge >= 0.3 is 0 Å². The van der Waals surface area contributed by atoms with E-state index in [0.717, 1.165) is 85.6 Å². The Balaban J connectivity index is 0.000000195. The van der Waals surface area contributed by atoms with Crippen LogP contribution in [-0.2, 0) is 101 Å². The van der Waals surface area contributed by atoms with Crippen molar-refractivity contribution in [3.63, 3.8) is 0 Å². The molecule has 5 radical (unpaired) electrons. The smallest absolute Gasteiger partial charge is 0.145 e. The molecule has 20 heteroatoms. The third-order valence-corrected chi connectivity index (χ3v) is 22.2. The first-order chi connectivity index (χ1) is 61.6. The topological polar surface area (TPSA) is 134 Å². The van der Waals surface area contributed by atoms with Crippen LogP contribution in [0.1, 0.15) is 167 Å². The second-order valence-corrected chi connectivity index (χ2v) is 33.0. The van der Waals surface area contributed by atoms with Gasteiger partial charge in [0.2, 0.25) is 0 Å². The van der Waals surface area contributed by atoms with E-state index in [-0.39, 0.29) is 108 Å². The van der Waals surface area contributed by atoms with E-state index in [2.05, 4.69) is 302 Å². The van der Waals surface area contributed by atoms with E-state index >= 15 is 0 Å². The molecule has 12 aromatic carbocycles. The molecular weight excluding hydrogens is 2530 g/mol. The van der Waals surface area contributed by atoms with E-state index in [1.807, 2.05) is 225 Å². The predicted octanol–water partition coefficient (Wildman–Crippen LogP) is 27.9. The summed E-state index contributed by atoms with van der Waals surface area (Å²) in [6.45, 7) is 37.3. The second-order valence-electron chi connectivity index (χ2n) is 33.0. The summed E-state index contributed by atoms with van der Waals surface area (Å²) in [5.41, 5.74) is 28.1. The van der Waals surface area contributed by atoms with Crippen molar-refractivity contribution in [1.29, 1.82) is 5.26 Å². The fourth-order valence-electron chi connectivity index (χ4n) is 16.1. The molecule has 0 N–H and O–H groups in total. The molecule has 0 fully saturated rings. The summed E-state index contributed by atoms with van der Waals surface area (Å²) >= 11 is 0. The van der Waals surface area contributed by atoms with Gasteiger partial charge in [-0.15, -0.1) is 168 Å². The number of benzene rings is 12. The number of nitrogens with zero attached hydrogens (tertiary/aromatic N) is 15. The van der Waals surface area contributed by atoms with E-state index in [4.69, 9.17) is 5.26 Å². The van der Waals surface area contributed by atoms with E-state index < -0.39 is 0 Å². The van der Waals surface area contributed by atoms with Gasteiger partial charge in [0, 0.05) is 208 Å². The van der Waals surface area contributed by atoms with Gasteiger partial charge in [0.05, 0.1) is 23.3 Å². The van der Waals surface area contributed by atoms with Crippen LogP contribution in [0.3, 0.4) is 0 Å². The van der Waals surface area contributed by atoms with Crippen molar-refractivity contribution in [2.75, 3.05) is 26.6 Å². The number of aromatic nitrogens is 10. The monoisotopic (exact) mass is 2640 g/mol. The Kier molecular flexibility index (Phi) is 40.6. The molecule has 17 aromatic rings. The second kappa shape index (κ2) is 50.5. The van der Waals surface area contributed by atoms with E-state index in [9.17, 15) is 0 Å². The summed E-state index contributed by atoms with van der Waals surface area (Å²) in [4.78, 5) is 35.3. The van der Waals surface area contributed by atoms with Gasteiger partial charge in [-0.3, -0.25) is 19.9 Å². The van der Waals surface area contributed by atoms with Crippen LogP contribution in [0.5, 0.6) is 0 Å². The molecule has 2 aliphatic rings. The van der Waals surface area contributed by atoms with Gasteiger partial charge in [0.25, 0.3) is 0 Å². The predicted molar refractivity (Wildman–Crippen MR) is 526 cm³/mol. The van der Waals surface area contributed by atoms with Crippen LogP contribution in [0.15, 0.2) is 317 Å². The van der Waals surface area contributed by atoms with Crippen molar-refractivity contribution in [3.05, 3.63) is 428 Å². The zero-order chi connectivity index (χ0) is 89.2. The number of hydrogen-bond donors (Lipinski definition) is 0. The largest absolute Gasteiger partial charge is 0.504 e. The molecule has 19 rings (SSSR count). The molecule has 0 aliphatic carbocycles. The quantitative estimate of drug-likeness (QED) is 0.0856. The number of aryl methyl sites for hydroxylation is 5. The molecule has 133 heavy (non-hydrogen) atoms. The number of anilines is 7. The van der Waals surface area contributed by atoms with Crippen LogP contribution in [0.4, 0.5) is 40.1 Å². The minimum atomic E-state index is 0. The van der Waals surface area contributed by atoms with E-state index in [0.29, 0.717) is 35.2 Å². The Bertz CT molecular complexity index is 6350. The van der Waals surface area contributed by atoms with Crippen LogP contribution in [0.2, 0.25) is 0 Å². The molecule has 0 atom stereocenters. The normalized spacial score (nSPS) is 11.3. The molecule has 0 saturated heterocycles. The van der Waals surface area contributed by atoms with Crippen molar-refractivity contribution in [1.82, 2.24) is 48.2 Å². The van der Waals surface area contributed by atoms with Gasteiger partial charge < -0.3 is 37.9 Å². The standard InChI is InChI=1S/C24H29N2.C21H23N2.C18H17N2.C17H12N4.C17H15N2.C15H11N3.CH4.5Ir/c1-16(2)20-14-21(17(3)4)23(22(15-20)18(5)6)26-13-12-25-24(26)19-10-8-7-9-11-19;1-15(2)18-11-8-12-19(16(3)4)20(18)23-14-13-22-21(23)17-9-6-5-7-10-17;1-13-11-14(2)17(15(3)12-13)20-10-9-19-18(20)16-7-5-4-6-8-16;1-3-7-14(8-4-1)20-13-21(15-9-5-2-6-10-15)17-16(20)18-11-12-19-17;1-13-7-6-8-14(2)16(13)19-12-11-18-17(19)15-9-4-3-5-10-15;1-17-11-18(15-5-3-2-4-14(15)17)13-8-6-12(10-16)7-9-13;;;;;;/h7-10,12-18H,1-6H3;5-9,11-16H,1-4H3;4-7,9-12H,1-3H3;1-9,11-13H;3-9,11-12H,1-2H3;2-8,11H,1H3;1H4;;;;;/q3*-1;-2;-1;-2;;;;;;. The Morgan fingerprint density at radius 2 is 0.699 bits per heavy atom. The number of hydrogen-bond acceptors (Lipinski definition) is 11. The number of para-hydroxylation sites is 6. The van der Waals surface area contributed by atoms with Crippen LogP contribution in [0, 0.1) is 95.7 Å². The summed E-state index contributed by atoms with van der Waals surface area (Å²) in [5.74, 6) is 7.70. The maximum absolute atomic E-state index is 8.79. The first-order valence-electron chi connectivity index (χ1n) is 43.3. The molecular formula is C113H111Ir5N15-8. The van der Waals surface area contributed by atoms with Gasteiger partial charge in [-0.05, 0) is 146 Å². The molecule has 15 nitrogen and oxygen atoms in total. The number of imidazole rings is 4. The minimum Gasteiger partial charge on any atom is -0.504 e. The minimum absolute atomic E-state index is 0. The van der Waals surface area contributed by atoms with E-state index in [1.54, 1.807) is 24.5 Å². The maximum Gasteiger partial charge on any atom is 0.145 e. The zero-order valence-electron chi connectivity index (χ0n) is 76.9. The summed E-state index contributed by atoms with van der Waals surface area (Å²) in [6.07, 6.45) is 19.0. The molecule has 0 amide bonds. The molecule has 0 spiro atoms. The van der Waals surface area contributed by atoms with Gasteiger partial charge in [-0.2, -0.15) is 55.2 Å². The van der Waals surface area contributed by atoms with Crippen molar-refractivity contribution in [2.45, 2.75) is 141 Å². The third-order valence-electron chi connectivity index (χ3n) is 22.2. The van der Waals surface area contributed by atoms with Gasteiger partial charge in [-0.1, -0.05) is 179 Å². The SMILES string of the molecule is C.CC(C)c1cc(C(C)C)c(-n2ccnc2-c2[c-]cccc2)c(C(C)C)c1.CC(C)c1cccc(C(C)C)c1-n1ccnc1-c1[c-]cccc1.CN1[CH-]N(c2[c-]cc(C#N)cc2)c2ccccc21.Cc1cc(C)c(-n2ccnc2-c2[c-]cccc2)c(C)c1.Cc1cccc(C)c1-n1ccnc1-c1[c-]cccc1.[Ir].[Ir].[Ir].[Ir].[Ir].[c-]1ccccc1N1[CH-]N(c2ccccc2)c2nccnc21. The summed E-state index contributed by atoms with van der Waals surface area (Å²) < 4.78 is 8.75. The average molecular weight is 2640 g/mol. The Labute approximate surface area is 855 Å². The Morgan fingerprint density at radius 1 is 0.323 bits per heavy atom. The molecule has 0 saturated carbocycles. The third kappa shape index (κ3) is 25.3. The van der Waals surface area contributed by atoms with Crippen LogP contribution in [-0.4, -0.2) is 55.2 Å². The van der Waals surface area contributed by atoms with Crippen molar-refractivity contribution in [3.8, 4) is 74.4 Å². The van der Waals surface area contributed by atoms with Crippen molar-refractivity contribution >= 4 is 40.1 Å². The summed E-state index contributed by atoms with van der Waals surface area (Å²) in [5, 5.41) is 8.79. The number of fused-ring (bicyclic) bond motifs is 2. The van der Waals surface area contributed by atoms with Crippen LogP contribution in [0.25, 0.3) is 68.3 Å². The fourth-order valence-corrected chi connectivity index (χ4v) is 16.1. The maximum atomic E-state index is 8.79. The van der Waals surface area contributed by atoms with Gasteiger partial charge in [0.15, 0.2) is 0 Å². The Morgan fingerprint density at radius 3 is 1.09 bits per heavy atom. The fraction of sp³-hybridized carbons (Fsp3) is 0.195. The van der Waals surface area contributed by atoms with Crippen LogP contribution < -0.4 is 19.6 Å².